The Bertz CT molecular complexity index is 618. The van der Waals surface area contributed by atoms with Gasteiger partial charge in [-0.25, -0.2) is 4.79 Å². The molecule has 0 saturated heterocycles. The van der Waals surface area contributed by atoms with E-state index in [0.29, 0.717) is 6.54 Å². The van der Waals surface area contributed by atoms with Crippen molar-refractivity contribution in [2.45, 2.75) is 31.8 Å². The Balaban J connectivity index is 1.58. The van der Waals surface area contributed by atoms with Crippen molar-refractivity contribution in [3.63, 3.8) is 0 Å². The molecule has 0 unspecified atom stereocenters. The molecule has 0 atom stereocenters. The van der Waals surface area contributed by atoms with Gasteiger partial charge in [0.2, 0.25) is 0 Å². The highest BCUT2D eigenvalue weighted by molar-refractivity contribution is 5.75. The van der Waals surface area contributed by atoms with Crippen LogP contribution < -0.4 is 10.6 Å². The number of rotatable bonds is 4. The molecule has 1 aliphatic carbocycles. The van der Waals surface area contributed by atoms with E-state index in [2.05, 4.69) is 46.8 Å². The number of urea groups is 1. The molecule has 2 N–H and O–H groups in total. The van der Waals surface area contributed by atoms with Crippen LogP contribution in [0.4, 0.5) is 4.79 Å². The Morgan fingerprint density at radius 3 is 2.57 bits per heavy atom. The van der Waals surface area contributed by atoms with Crippen LogP contribution in [0.25, 0.3) is 0 Å². The van der Waals surface area contributed by atoms with Crippen LogP contribution in [0.15, 0.2) is 48.7 Å². The van der Waals surface area contributed by atoms with Crippen LogP contribution in [-0.2, 0) is 12.1 Å². The highest BCUT2D eigenvalue weighted by Gasteiger charge is 2.45. The summed E-state index contributed by atoms with van der Waals surface area (Å²) < 4.78 is 0. The zero-order valence-electron chi connectivity index (χ0n) is 12.1. The van der Waals surface area contributed by atoms with Crippen LogP contribution in [0, 0.1) is 6.92 Å². The summed E-state index contributed by atoms with van der Waals surface area (Å²) in [6.07, 6.45) is 3.71. The first kappa shape index (κ1) is 13.6. The molecule has 1 aromatic carbocycles. The largest absolute Gasteiger partial charge is 0.332 e. The minimum atomic E-state index is -0.179. The van der Waals surface area contributed by atoms with Crippen LogP contribution >= 0.6 is 0 Å². The van der Waals surface area contributed by atoms with Crippen LogP contribution in [0.5, 0.6) is 0 Å². The second kappa shape index (κ2) is 5.56. The van der Waals surface area contributed by atoms with Crippen molar-refractivity contribution in [3.05, 3.63) is 65.5 Å². The monoisotopic (exact) mass is 281 g/mol. The number of benzene rings is 1. The molecule has 0 bridgehead atoms. The number of nitrogens with zero attached hydrogens (tertiary/aromatic N) is 1. The van der Waals surface area contributed by atoms with Crippen LogP contribution in [0.2, 0.25) is 0 Å². The molecule has 4 nitrogen and oxygen atoms in total. The van der Waals surface area contributed by atoms with Gasteiger partial charge in [-0.1, -0.05) is 35.9 Å². The maximum atomic E-state index is 12.1. The van der Waals surface area contributed by atoms with Gasteiger partial charge in [-0.2, -0.15) is 0 Å². The molecule has 2 amide bonds. The topological polar surface area (TPSA) is 54.0 Å². The van der Waals surface area contributed by atoms with Gasteiger partial charge in [0.15, 0.2) is 0 Å². The molecule has 0 spiro atoms. The summed E-state index contributed by atoms with van der Waals surface area (Å²) >= 11 is 0. The second-order valence-corrected chi connectivity index (χ2v) is 5.58. The summed E-state index contributed by atoms with van der Waals surface area (Å²) in [5, 5.41) is 5.96. The highest BCUT2D eigenvalue weighted by atomic mass is 16.2. The van der Waals surface area contributed by atoms with Gasteiger partial charge in [-0.3, -0.25) is 4.98 Å². The van der Waals surface area contributed by atoms with Gasteiger partial charge in [-0.15, -0.1) is 0 Å². The molecule has 1 heterocycles. The Labute approximate surface area is 124 Å². The summed E-state index contributed by atoms with van der Waals surface area (Å²) in [5.74, 6) is 0. The summed E-state index contributed by atoms with van der Waals surface area (Å²) in [5.41, 5.74) is 3.09. The van der Waals surface area contributed by atoms with E-state index < -0.39 is 0 Å². The number of carbonyl (C=O) groups excluding carboxylic acids is 1. The number of nitrogens with one attached hydrogen (secondary N) is 2. The minimum Gasteiger partial charge on any atom is -0.332 e. The number of aromatic nitrogens is 1. The Kier molecular flexibility index (Phi) is 3.60. The lowest BCUT2D eigenvalue weighted by molar-refractivity contribution is 0.235. The number of pyridine rings is 1. The van der Waals surface area contributed by atoms with Crippen molar-refractivity contribution in [2.24, 2.45) is 0 Å². The molecule has 1 aliphatic rings. The van der Waals surface area contributed by atoms with Crippen LogP contribution in [0.1, 0.15) is 29.7 Å². The third kappa shape index (κ3) is 3.21. The summed E-state index contributed by atoms with van der Waals surface area (Å²) in [4.78, 5) is 16.3. The predicted octanol–water partition coefficient (Wildman–Crippen LogP) is 2.88. The Morgan fingerprint density at radius 1 is 1.19 bits per heavy atom. The normalized spacial score (nSPS) is 15.3. The molecule has 2 aromatic rings. The zero-order chi connectivity index (χ0) is 14.7. The number of aryl methyl sites for hydroxylation is 1. The van der Waals surface area contributed by atoms with E-state index in [9.17, 15) is 4.79 Å². The molecule has 1 aromatic heterocycles. The summed E-state index contributed by atoms with van der Waals surface area (Å²) in [6.45, 7) is 2.51. The van der Waals surface area contributed by atoms with Gasteiger partial charge in [0.05, 0.1) is 17.8 Å². The SMILES string of the molecule is Cc1ccc(C2(NC(=O)NCc3ccccn3)CC2)cc1. The summed E-state index contributed by atoms with van der Waals surface area (Å²) in [7, 11) is 0. The molecule has 108 valence electrons. The van der Waals surface area contributed by atoms with E-state index in [0.717, 1.165) is 18.5 Å². The minimum absolute atomic E-state index is 0.140. The van der Waals surface area contributed by atoms with Gasteiger partial charge < -0.3 is 10.6 Å². The van der Waals surface area contributed by atoms with E-state index in [-0.39, 0.29) is 11.6 Å². The highest BCUT2D eigenvalue weighted by Crippen LogP contribution is 2.45. The fourth-order valence-electron chi connectivity index (χ4n) is 2.42. The molecule has 3 rings (SSSR count). The number of amides is 2. The molecule has 4 heteroatoms. The number of carbonyl (C=O) groups is 1. The molecular weight excluding hydrogens is 262 g/mol. The third-order valence-corrected chi connectivity index (χ3v) is 3.86. The summed E-state index contributed by atoms with van der Waals surface area (Å²) in [6, 6.07) is 13.9. The van der Waals surface area contributed by atoms with E-state index in [1.807, 2.05) is 18.2 Å². The molecule has 0 radical (unpaired) electrons. The lowest BCUT2D eigenvalue weighted by Crippen LogP contribution is -2.42. The van der Waals surface area contributed by atoms with Crippen molar-refractivity contribution < 1.29 is 4.79 Å². The van der Waals surface area contributed by atoms with Crippen molar-refractivity contribution in [2.75, 3.05) is 0 Å². The molecular formula is C17H19N3O. The number of hydrogen-bond donors (Lipinski definition) is 2. The Morgan fingerprint density at radius 2 is 1.95 bits per heavy atom. The maximum Gasteiger partial charge on any atom is 0.315 e. The first-order valence-corrected chi connectivity index (χ1v) is 7.21. The average molecular weight is 281 g/mol. The van der Waals surface area contributed by atoms with E-state index in [1.165, 1.54) is 11.1 Å². The molecule has 1 fully saturated rings. The van der Waals surface area contributed by atoms with Crippen LogP contribution in [0.3, 0.4) is 0 Å². The van der Waals surface area contributed by atoms with Crippen molar-refractivity contribution in [3.8, 4) is 0 Å². The Hall–Kier alpha value is -2.36. The standard InChI is InChI=1S/C17H19N3O/c1-13-5-7-14(8-6-13)17(9-10-17)20-16(21)19-12-15-4-2-3-11-18-15/h2-8,11H,9-10,12H2,1H3,(H2,19,20,21). The second-order valence-electron chi connectivity index (χ2n) is 5.58. The molecule has 21 heavy (non-hydrogen) atoms. The van der Waals surface area contributed by atoms with Gasteiger partial charge in [0, 0.05) is 6.20 Å². The quantitative estimate of drug-likeness (QED) is 0.905. The fraction of sp³-hybridized carbons (Fsp3) is 0.294. The lowest BCUT2D eigenvalue weighted by Gasteiger charge is -2.18. The third-order valence-electron chi connectivity index (χ3n) is 3.86. The van der Waals surface area contributed by atoms with Crippen LogP contribution in [-0.4, -0.2) is 11.0 Å². The van der Waals surface area contributed by atoms with E-state index >= 15 is 0 Å². The fourth-order valence-corrected chi connectivity index (χ4v) is 2.42. The van der Waals surface area contributed by atoms with Gasteiger partial charge in [0.25, 0.3) is 0 Å². The van der Waals surface area contributed by atoms with Gasteiger partial charge in [-0.05, 0) is 37.5 Å². The lowest BCUT2D eigenvalue weighted by atomic mass is 10.0. The average Bonchev–Trinajstić information content (AvgIpc) is 3.27. The zero-order valence-corrected chi connectivity index (χ0v) is 12.1. The van der Waals surface area contributed by atoms with Crippen molar-refractivity contribution in [1.29, 1.82) is 0 Å². The van der Waals surface area contributed by atoms with E-state index in [1.54, 1.807) is 6.20 Å². The first-order valence-electron chi connectivity index (χ1n) is 7.21. The van der Waals surface area contributed by atoms with E-state index in [4.69, 9.17) is 0 Å². The van der Waals surface area contributed by atoms with Gasteiger partial charge >= 0.3 is 6.03 Å². The number of hydrogen-bond acceptors (Lipinski definition) is 2. The van der Waals surface area contributed by atoms with Gasteiger partial charge in [0.1, 0.15) is 0 Å². The molecule has 1 saturated carbocycles. The first-order chi connectivity index (χ1) is 10.2. The van der Waals surface area contributed by atoms with Crippen molar-refractivity contribution in [1.82, 2.24) is 15.6 Å². The molecule has 0 aliphatic heterocycles. The predicted molar refractivity (Wildman–Crippen MR) is 81.7 cm³/mol. The van der Waals surface area contributed by atoms with Crippen molar-refractivity contribution >= 4 is 6.03 Å². The maximum absolute atomic E-state index is 12.1. The smallest absolute Gasteiger partial charge is 0.315 e.